The Labute approximate surface area is 117 Å². The molecule has 0 aromatic heterocycles. The fourth-order valence-electron chi connectivity index (χ4n) is 1.95. The molecule has 1 aliphatic carbocycles. The van der Waals surface area contributed by atoms with Gasteiger partial charge >= 0.3 is 5.97 Å². The maximum absolute atomic E-state index is 11.7. The number of carboxylic acids is 1. The van der Waals surface area contributed by atoms with Crippen molar-refractivity contribution in [1.82, 2.24) is 5.32 Å². The number of nitrogens with one attached hydrogen (secondary N) is 1. The van der Waals surface area contributed by atoms with Crippen LogP contribution in [0.2, 0.25) is 0 Å². The van der Waals surface area contributed by atoms with Crippen LogP contribution in [-0.4, -0.2) is 29.6 Å². The van der Waals surface area contributed by atoms with Gasteiger partial charge < -0.3 is 15.2 Å². The second kappa shape index (κ2) is 6.41. The molecular weight excluding hydrogens is 258 g/mol. The summed E-state index contributed by atoms with van der Waals surface area (Å²) in [6, 6.07) is 6.81. The molecule has 2 N–H and O–H groups in total. The van der Waals surface area contributed by atoms with Crippen molar-refractivity contribution in [3.63, 3.8) is 0 Å². The predicted octanol–water partition coefficient (Wildman–Crippen LogP) is 1.74. The lowest BCUT2D eigenvalue weighted by molar-refractivity contribution is -0.142. The number of hydrogen-bond donors (Lipinski definition) is 2. The summed E-state index contributed by atoms with van der Waals surface area (Å²) in [6.07, 6.45) is 1.90. The summed E-state index contributed by atoms with van der Waals surface area (Å²) in [6.45, 7) is 2.23. The van der Waals surface area contributed by atoms with Gasteiger partial charge in [-0.05, 0) is 37.8 Å². The maximum Gasteiger partial charge on any atom is 0.326 e. The van der Waals surface area contributed by atoms with Crippen LogP contribution in [0.25, 0.3) is 0 Å². The molecule has 0 aliphatic heterocycles. The highest BCUT2D eigenvalue weighted by molar-refractivity contribution is 5.84. The summed E-state index contributed by atoms with van der Waals surface area (Å²) in [5.41, 5.74) is 1.14. The van der Waals surface area contributed by atoms with E-state index in [-0.39, 0.29) is 24.9 Å². The second-order valence-corrected chi connectivity index (χ2v) is 5.13. The predicted molar refractivity (Wildman–Crippen MR) is 73.6 cm³/mol. The first-order chi connectivity index (χ1) is 9.56. The van der Waals surface area contributed by atoms with Crippen LogP contribution in [0.15, 0.2) is 24.3 Å². The molecule has 1 amide bonds. The largest absolute Gasteiger partial charge is 0.493 e. The van der Waals surface area contributed by atoms with Crippen LogP contribution in [-0.2, 0) is 9.59 Å². The van der Waals surface area contributed by atoms with Gasteiger partial charge in [-0.15, -0.1) is 0 Å². The maximum atomic E-state index is 11.7. The third-order valence-electron chi connectivity index (χ3n) is 3.29. The first-order valence-electron chi connectivity index (χ1n) is 6.78. The summed E-state index contributed by atoms with van der Waals surface area (Å²) in [5.74, 6) is -0.438. The molecule has 5 nitrogen and oxygen atoms in total. The summed E-state index contributed by atoms with van der Waals surface area (Å²) >= 11 is 0. The number of benzene rings is 1. The minimum absolute atomic E-state index is 0.0921. The van der Waals surface area contributed by atoms with Gasteiger partial charge in [0.25, 0.3) is 0 Å². The molecule has 1 atom stereocenters. The van der Waals surface area contributed by atoms with Crippen molar-refractivity contribution in [1.29, 1.82) is 0 Å². The topological polar surface area (TPSA) is 75.6 Å². The summed E-state index contributed by atoms with van der Waals surface area (Å²) in [7, 11) is 0. The third-order valence-corrected chi connectivity index (χ3v) is 3.29. The van der Waals surface area contributed by atoms with Crippen molar-refractivity contribution in [2.24, 2.45) is 5.92 Å². The van der Waals surface area contributed by atoms with Crippen molar-refractivity contribution >= 4 is 11.9 Å². The molecule has 0 heterocycles. The quantitative estimate of drug-likeness (QED) is 0.796. The van der Waals surface area contributed by atoms with Crippen molar-refractivity contribution < 1.29 is 19.4 Å². The highest BCUT2D eigenvalue weighted by atomic mass is 16.5. The molecule has 1 unspecified atom stereocenters. The average molecular weight is 277 g/mol. The lowest BCUT2D eigenvalue weighted by atomic mass is 10.2. The molecular formula is C15H19NO4. The van der Waals surface area contributed by atoms with Gasteiger partial charge in [-0.1, -0.05) is 17.7 Å². The van der Waals surface area contributed by atoms with Gasteiger partial charge in [0.1, 0.15) is 11.8 Å². The summed E-state index contributed by atoms with van der Waals surface area (Å²) in [4.78, 5) is 22.7. The highest BCUT2D eigenvalue weighted by Crippen LogP contribution is 2.32. The minimum Gasteiger partial charge on any atom is -0.493 e. The normalized spacial score (nSPS) is 15.4. The Bertz CT molecular complexity index is 479. The molecule has 20 heavy (non-hydrogen) atoms. The molecule has 1 aromatic rings. The van der Waals surface area contributed by atoms with Gasteiger partial charge in [0, 0.05) is 0 Å². The molecule has 1 aromatic carbocycles. The van der Waals surface area contributed by atoms with E-state index >= 15 is 0 Å². The number of carboxylic acid groups (broad SMARTS) is 1. The Morgan fingerprint density at radius 1 is 1.35 bits per heavy atom. The van der Waals surface area contributed by atoms with E-state index in [1.54, 1.807) is 0 Å². The fraction of sp³-hybridized carbons (Fsp3) is 0.467. The van der Waals surface area contributed by atoms with Crippen LogP contribution < -0.4 is 10.1 Å². The number of aryl methyl sites for hydroxylation is 1. The van der Waals surface area contributed by atoms with Crippen LogP contribution >= 0.6 is 0 Å². The second-order valence-electron chi connectivity index (χ2n) is 5.13. The number of hydrogen-bond acceptors (Lipinski definition) is 3. The molecule has 1 saturated carbocycles. The number of carbonyl (C=O) groups is 2. The standard InChI is InChI=1S/C15H19NO4/c1-10-2-6-12(7-3-10)20-9-8-13(17)16-14(15(18)19)11-4-5-11/h2-3,6-7,11,14H,4-5,8-9H2,1H3,(H,16,17)(H,18,19). The van der Waals surface area contributed by atoms with E-state index in [1.165, 1.54) is 0 Å². The number of rotatable bonds is 7. The monoisotopic (exact) mass is 277 g/mol. The Kier molecular flexibility index (Phi) is 4.61. The number of aliphatic carboxylic acids is 1. The summed E-state index contributed by atoms with van der Waals surface area (Å²) < 4.78 is 5.44. The van der Waals surface area contributed by atoms with Crippen molar-refractivity contribution in [2.75, 3.05) is 6.61 Å². The Morgan fingerprint density at radius 2 is 2.00 bits per heavy atom. The molecule has 1 aliphatic rings. The van der Waals surface area contributed by atoms with Crippen molar-refractivity contribution in [2.45, 2.75) is 32.2 Å². The van der Waals surface area contributed by atoms with Crippen LogP contribution in [0.5, 0.6) is 5.75 Å². The zero-order chi connectivity index (χ0) is 14.5. The van der Waals surface area contributed by atoms with Crippen molar-refractivity contribution in [3.8, 4) is 5.75 Å². The van der Waals surface area contributed by atoms with Crippen LogP contribution in [0.1, 0.15) is 24.8 Å². The van der Waals surface area contributed by atoms with E-state index in [9.17, 15) is 9.59 Å². The van der Waals surface area contributed by atoms with E-state index in [0.29, 0.717) is 5.75 Å². The Hall–Kier alpha value is -2.04. The molecule has 0 saturated heterocycles. The smallest absolute Gasteiger partial charge is 0.326 e. The van der Waals surface area contributed by atoms with E-state index in [0.717, 1.165) is 18.4 Å². The zero-order valence-corrected chi connectivity index (χ0v) is 11.5. The first kappa shape index (κ1) is 14.4. The van der Waals surface area contributed by atoms with Crippen LogP contribution in [0, 0.1) is 12.8 Å². The van der Waals surface area contributed by atoms with E-state index < -0.39 is 12.0 Å². The molecule has 0 bridgehead atoms. The molecule has 1 fully saturated rings. The van der Waals surface area contributed by atoms with E-state index in [1.807, 2.05) is 31.2 Å². The van der Waals surface area contributed by atoms with E-state index in [2.05, 4.69) is 5.32 Å². The third kappa shape index (κ3) is 4.26. The zero-order valence-electron chi connectivity index (χ0n) is 11.5. The molecule has 0 spiro atoms. The first-order valence-corrected chi connectivity index (χ1v) is 6.78. The number of carbonyl (C=O) groups excluding carboxylic acids is 1. The van der Waals surface area contributed by atoms with Crippen molar-refractivity contribution in [3.05, 3.63) is 29.8 Å². The van der Waals surface area contributed by atoms with Gasteiger partial charge in [0.2, 0.25) is 5.91 Å². The van der Waals surface area contributed by atoms with E-state index in [4.69, 9.17) is 9.84 Å². The minimum atomic E-state index is -0.958. The van der Waals surface area contributed by atoms with Gasteiger partial charge in [0.15, 0.2) is 0 Å². The highest BCUT2D eigenvalue weighted by Gasteiger charge is 2.37. The molecule has 5 heteroatoms. The summed E-state index contributed by atoms with van der Waals surface area (Å²) in [5, 5.41) is 11.6. The molecule has 108 valence electrons. The molecule has 2 rings (SSSR count). The number of amides is 1. The van der Waals surface area contributed by atoms with Gasteiger partial charge in [-0.25, -0.2) is 4.79 Å². The van der Waals surface area contributed by atoms with Gasteiger partial charge in [0.05, 0.1) is 13.0 Å². The van der Waals surface area contributed by atoms with Crippen LogP contribution in [0.3, 0.4) is 0 Å². The SMILES string of the molecule is Cc1ccc(OCCC(=O)NC(C(=O)O)C2CC2)cc1. The van der Waals surface area contributed by atoms with Gasteiger partial charge in [-0.3, -0.25) is 4.79 Å². The Morgan fingerprint density at radius 3 is 2.55 bits per heavy atom. The lowest BCUT2D eigenvalue weighted by Gasteiger charge is -2.13. The van der Waals surface area contributed by atoms with Crippen LogP contribution in [0.4, 0.5) is 0 Å². The lowest BCUT2D eigenvalue weighted by Crippen LogP contribution is -2.42. The average Bonchev–Trinajstić information content (AvgIpc) is 3.22. The van der Waals surface area contributed by atoms with Gasteiger partial charge in [-0.2, -0.15) is 0 Å². The molecule has 0 radical (unpaired) electrons. The fourth-order valence-corrected chi connectivity index (χ4v) is 1.95. The Balaban J connectivity index is 1.72. The number of ether oxygens (including phenoxy) is 1.